The number of halogens is 1. The molecule has 1 fully saturated rings. The second kappa shape index (κ2) is 7.29. The van der Waals surface area contributed by atoms with Crippen LogP contribution >= 0.6 is 15.9 Å². The second-order valence-electron chi connectivity index (χ2n) is 5.15. The Hall–Kier alpha value is -0.780. The van der Waals surface area contributed by atoms with Crippen LogP contribution in [0, 0.1) is 0 Å². The molecule has 4 nitrogen and oxygen atoms in total. The van der Waals surface area contributed by atoms with Crippen molar-refractivity contribution in [2.24, 2.45) is 0 Å². The van der Waals surface area contributed by atoms with E-state index in [2.05, 4.69) is 21.2 Å². The van der Waals surface area contributed by atoms with Crippen molar-refractivity contribution in [2.45, 2.75) is 44.4 Å². The Bertz CT molecular complexity index is 453. The number of nitrogens with one attached hydrogen (secondary N) is 1. The lowest BCUT2D eigenvalue weighted by atomic mass is 9.95. The average molecular weight is 344 g/mol. The van der Waals surface area contributed by atoms with Gasteiger partial charge in [-0.1, -0.05) is 6.42 Å². The molecule has 20 heavy (non-hydrogen) atoms. The van der Waals surface area contributed by atoms with Crippen molar-refractivity contribution in [3.63, 3.8) is 0 Å². The quantitative estimate of drug-likeness (QED) is 0.863. The number of hydrogen-bond donors (Lipinski definition) is 2. The molecular weight excluding hydrogens is 322 g/mol. The standard InChI is InChI=1S/C15H22BrNO3/c1-17-9-10-7-11(16)15(14(8-10)19-2)20-13-6-4-3-5-12(13)18/h7-8,12-13,17-18H,3-6,9H2,1-2H3. The van der Waals surface area contributed by atoms with Crippen molar-refractivity contribution in [2.75, 3.05) is 14.2 Å². The molecule has 2 atom stereocenters. The van der Waals surface area contributed by atoms with Crippen molar-refractivity contribution in [1.29, 1.82) is 0 Å². The normalized spacial score (nSPS) is 22.6. The van der Waals surface area contributed by atoms with Crippen molar-refractivity contribution in [1.82, 2.24) is 5.32 Å². The highest BCUT2D eigenvalue weighted by atomic mass is 79.9. The minimum atomic E-state index is -0.391. The van der Waals surface area contributed by atoms with E-state index in [9.17, 15) is 5.11 Å². The Balaban J connectivity index is 2.21. The molecule has 2 rings (SSSR count). The molecule has 1 aromatic carbocycles. The minimum Gasteiger partial charge on any atom is -0.493 e. The summed E-state index contributed by atoms with van der Waals surface area (Å²) < 4.78 is 12.3. The van der Waals surface area contributed by atoms with E-state index in [0.29, 0.717) is 11.5 Å². The Morgan fingerprint density at radius 2 is 2.10 bits per heavy atom. The summed E-state index contributed by atoms with van der Waals surface area (Å²) in [6, 6.07) is 3.98. The molecule has 0 bridgehead atoms. The van der Waals surface area contributed by atoms with Crippen LogP contribution in [-0.2, 0) is 6.54 Å². The predicted octanol–water partition coefficient (Wildman–Crippen LogP) is 2.86. The average Bonchev–Trinajstić information content (AvgIpc) is 2.44. The van der Waals surface area contributed by atoms with E-state index in [1.165, 1.54) is 0 Å². The molecule has 1 saturated carbocycles. The fourth-order valence-electron chi connectivity index (χ4n) is 2.56. The van der Waals surface area contributed by atoms with E-state index in [1.807, 2.05) is 19.2 Å². The summed E-state index contributed by atoms with van der Waals surface area (Å²) >= 11 is 3.54. The summed E-state index contributed by atoms with van der Waals surface area (Å²) in [6.07, 6.45) is 3.32. The van der Waals surface area contributed by atoms with Gasteiger partial charge in [0.05, 0.1) is 17.7 Å². The van der Waals surface area contributed by atoms with Crippen LogP contribution in [0.4, 0.5) is 0 Å². The minimum absolute atomic E-state index is 0.149. The fraction of sp³-hybridized carbons (Fsp3) is 0.600. The lowest BCUT2D eigenvalue weighted by Gasteiger charge is -2.29. The Kier molecular flexibility index (Phi) is 5.69. The molecule has 112 valence electrons. The maximum atomic E-state index is 10.0. The molecule has 0 radical (unpaired) electrons. The van der Waals surface area contributed by atoms with Crippen LogP contribution in [0.2, 0.25) is 0 Å². The molecule has 1 aliphatic rings. The lowest BCUT2D eigenvalue weighted by molar-refractivity contribution is 0.00526. The SMILES string of the molecule is CNCc1cc(Br)c(OC2CCCCC2O)c(OC)c1. The van der Waals surface area contributed by atoms with E-state index in [-0.39, 0.29) is 6.10 Å². The van der Waals surface area contributed by atoms with Crippen molar-refractivity contribution >= 4 is 15.9 Å². The van der Waals surface area contributed by atoms with Gasteiger partial charge in [-0.15, -0.1) is 0 Å². The molecule has 2 N–H and O–H groups in total. The van der Waals surface area contributed by atoms with E-state index in [4.69, 9.17) is 9.47 Å². The second-order valence-corrected chi connectivity index (χ2v) is 6.00. The highest BCUT2D eigenvalue weighted by Crippen LogP contribution is 2.38. The predicted molar refractivity (Wildman–Crippen MR) is 82.3 cm³/mol. The zero-order valence-electron chi connectivity index (χ0n) is 12.0. The number of hydrogen-bond acceptors (Lipinski definition) is 4. The van der Waals surface area contributed by atoms with Crippen LogP contribution < -0.4 is 14.8 Å². The number of benzene rings is 1. The fourth-order valence-corrected chi connectivity index (χ4v) is 3.14. The largest absolute Gasteiger partial charge is 0.493 e. The summed E-state index contributed by atoms with van der Waals surface area (Å²) in [5.41, 5.74) is 1.12. The molecule has 0 saturated heterocycles. The van der Waals surface area contributed by atoms with Crippen LogP contribution in [0.5, 0.6) is 11.5 Å². The van der Waals surface area contributed by atoms with Gasteiger partial charge >= 0.3 is 0 Å². The molecule has 5 heteroatoms. The Morgan fingerprint density at radius 1 is 1.35 bits per heavy atom. The molecule has 1 aliphatic carbocycles. The zero-order valence-corrected chi connectivity index (χ0v) is 13.6. The monoisotopic (exact) mass is 343 g/mol. The number of aliphatic hydroxyl groups excluding tert-OH is 1. The molecule has 0 aromatic heterocycles. The Morgan fingerprint density at radius 3 is 2.75 bits per heavy atom. The van der Waals surface area contributed by atoms with Crippen molar-refractivity contribution in [3.8, 4) is 11.5 Å². The van der Waals surface area contributed by atoms with Crippen LogP contribution in [0.1, 0.15) is 31.2 Å². The number of rotatable bonds is 5. The first-order valence-corrected chi connectivity index (χ1v) is 7.80. The first-order valence-electron chi connectivity index (χ1n) is 7.01. The van der Waals surface area contributed by atoms with Gasteiger partial charge in [0.15, 0.2) is 11.5 Å². The summed E-state index contributed by atoms with van der Waals surface area (Å²) in [5.74, 6) is 1.38. The summed E-state index contributed by atoms with van der Waals surface area (Å²) in [6.45, 7) is 0.765. The topological polar surface area (TPSA) is 50.7 Å². The smallest absolute Gasteiger partial charge is 0.175 e. The lowest BCUT2D eigenvalue weighted by Crippen LogP contribution is -2.34. The maximum absolute atomic E-state index is 10.0. The summed E-state index contributed by atoms with van der Waals surface area (Å²) in [7, 11) is 3.54. The van der Waals surface area contributed by atoms with Crippen LogP contribution in [-0.4, -0.2) is 31.5 Å². The number of ether oxygens (including phenoxy) is 2. The van der Waals surface area contributed by atoms with Gasteiger partial charge in [0.2, 0.25) is 0 Å². The first kappa shape index (κ1) is 15.6. The van der Waals surface area contributed by atoms with Gasteiger partial charge in [-0.2, -0.15) is 0 Å². The third kappa shape index (κ3) is 3.65. The molecule has 1 aromatic rings. The van der Waals surface area contributed by atoms with Gasteiger partial charge in [-0.05, 0) is 59.9 Å². The third-order valence-corrected chi connectivity index (χ3v) is 4.20. The summed E-state index contributed by atoms with van der Waals surface area (Å²) in [4.78, 5) is 0. The molecule has 0 spiro atoms. The zero-order chi connectivity index (χ0) is 14.5. The van der Waals surface area contributed by atoms with Gasteiger partial charge in [0.25, 0.3) is 0 Å². The van der Waals surface area contributed by atoms with E-state index in [0.717, 1.165) is 42.3 Å². The van der Waals surface area contributed by atoms with Crippen molar-refractivity contribution in [3.05, 3.63) is 22.2 Å². The first-order chi connectivity index (χ1) is 9.65. The van der Waals surface area contributed by atoms with Gasteiger partial charge in [0, 0.05) is 6.54 Å². The van der Waals surface area contributed by atoms with E-state index < -0.39 is 6.10 Å². The van der Waals surface area contributed by atoms with E-state index in [1.54, 1.807) is 7.11 Å². The summed E-state index contributed by atoms with van der Waals surface area (Å²) in [5, 5.41) is 13.1. The Labute approximate surface area is 128 Å². The van der Waals surface area contributed by atoms with E-state index >= 15 is 0 Å². The van der Waals surface area contributed by atoms with Gasteiger partial charge in [-0.3, -0.25) is 0 Å². The van der Waals surface area contributed by atoms with Gasteiger partial charge in [-0.25, -0.2) is 0 Å². The molecular formula is C15H22BrNO3. The molecule has 0 aliphatic heterocycles. The van der Waals surface area contributed by atoms with Crippen LogP contribution in [0.15, 0.2) is 16.6 Å². The van der Waals surface area contributed by atoms with Gasteiger partial charge in [0.1, 0.15) is 6.10 Å². The third-order valence-electron chi connectivity index (χ3n) is 3.61. The highest BCUT2D eigenvalue weighted by Gasteiger charge is 2.26. The van der Waals surface area contributed by atoms with Crippen LogP contribution in [0.25, 0.3) is 0 Å². The van der Waals surface area contributed by atoms with Crippen molar-refractivity contribution < 1.29 is 14.6 Å². The van der Waals surface area contributed by atoms with Crippen LogP contribution in [0.3, 0.4) is 0 Å². The number of methoxy groups -OCH3 is 1. The van der Waals surface area contributed by atoms with Gasteiger partial charge < -0.3 is 19.9 Å². The molecule has 0 amide bonds. The highest BCUT2D eigenvalue weighted by molar-refractivity contribution is 9.10. The molecule has 0 heterocycles. The maximum Gasteiger partial charge on any atom is 0.175 e. The molecule has 2 unspecified atom stereocenters. The number of aliphatic hydroxyl groups is 1.